The number of rotatable bonds is 47. The monoisotopic (exact) mass is 1860 g/mol. The lowest BCUT2D eigenvalue weighted by molar-refractivity contribution is -0.145. The normalized spacial score (nSPS) is 15.0. The zero-order valence-corrected chi connectivity index (χ0v) is 89.6. The zero-order valence-electron chi connectivity index (χ0n) is 89.6. The van der Waals surface area contributed by atoms with E-state index < -0.39 is 6.10 Å². The van der Waals surface area contributed by atoms with Crippen molar-refractivity contribution < 1.29 is 95.3 Å². The van der Waals surface area contributed by atoms with Gasteiger partial charge < -0.3 is 86.6 Å². The topological polar surface area (TPSA) is 289 Å². The third-order valence-electron chi connectivity index (χ3n) is 21.1. The Morgan fingerprint density at radius 3 is 1.04 bits per heavy atom. The van der Waals surface area contributed by atoms with Gasteiger partial charge in [0, 0.05) is 153 Å². The van der Waals surface area contributed by atoms with E-state index in [1.54, 1.807) is 196 Å². The molecular formula is C102H202N8O20. The number of amides is 8. The summed E-state index contributed by atoms with van der Waals surface area (Å²) in [5.41, 5.74) is 1.08. The molecular weight excluding hydrogens is 1660 g/mol. The van der Waals surface area contributed by atoms with Gasteiger partial charge in [0.1, 0.15) is 61.0 Å². The minimum absolute atomic E-state index is 0. The van der Waals surface area contributed by atoms with Crippen molar-refractivity contribution in [3.8, 4) is 0 Å². The molecule has 8 amide bonds. The molecule has 0 saturated heterocycles. The molecule has 0 aliphatic heterocycles. The molecule has 3 rings (SSSR count). The third kappa shape index (κ3) is 75.2. The summed E-state index contributed by atoms with van der Waals surface area (Å²) in [5.74, 6) is 2.48. The number of likely N-dealkylation sites (N-methyl/N-ethyl adjacent to an activating group) is 8. The van der Waals surface area contributed by atoms with Crippen LogP contribution in [0.2, 0.25) is 0 Å². The Kier molecular flexibility index (Phi) is 94.5. The van der Waals surface area contributed by atoms with E-state index >= 15 is 0 Å². The van der Waals surface area contributed by atoms with Crippen LogP contribution in [0.15, 0.2) is 30.3 Å². The highest BCUT2D eigenvalue weighted by Crippen LogP contribution is 2.29. The molecule has 0 N–H and O–H groups in total. The average Bonchev–Trinajstić information content (AvgIpc) is 0.898. The summed E-state index contributed by atoms with van der Waals surface area (Å²) in [5, 5.41) is 0. The van der Waals surface area contributed by atoms with E-state index in [2.05, 4.69) is 55.4 Å². The van der Waals surface area contributed by atoms with Crippen molar-refractivity contribution in [2.24, 2.45) is 17.8 Å². The maximum absolute atomic E-state index is 11.7. The molecule has 28 heteroatoms. The van der Waals surface area contributed by atoms with Crippen molar-refractivity contribution in [3.63, 3.8) is 0 Å². The summed E-state index contributed by atoms with van der Waals surface area (Å²) in [6.45, 7) is 43.9. The molecule has 2 aliphatic carbocycles. The first-order valence-electron chi connectivity index (χ1n) is 48.3. The molecule has 2 saturated carbocycles. The van der Waals surface area contributed by atoms with Crippen molar-refractivity contribution in [1.29, 1.82) is 0 Å². The van der Waals surface area contributed by atoms with Crippen molar-refractivity contribution in [3.05, 3.63) is 35.9 Å². The van der Waals surface area contributed by atoms with Gasteiger partial charge in [-0.05, 0) is 178 Å². The minimum atomic E-state index is -0.412. The number of carbonyl (C=O) groups is 10. The number of ketones is 2. The summed E-state index contributed by atoms with van der Waals surface area (Å²) < 4.78 is 53.9. The van der Waals surface area contributed by atoms with Gasteiger partial charge in [-0.1, -0.05) is 189 Å². The van der Waals surface area contributed by atoms with E-state index in [-0.39, 0.29) is 133 Å². The number of nitrogens with zero attached hydrogens (tertiary/aromatic N) is 8. The summed E-state index contributed by atoms with van der Waals surface area (Å²) in [7, 11) is 31.2. The first-order valence-corrected chi connectivity index (χ1v) is 48.3. The molecule has 0 bridgehead atoms. The van der Waals surface area contributed by atoms with Crippen molar-refractivity contribution in [2.45, 2.75) is 393 Å². The summed E-state index contributed by atoms with van der Waals surface area (Å²) >= 11 is 0. The summed E-state index contributed by atoms with van der Waals surface area (Å²) in [6.07, 6.45) is 25.7. The summed E-state index contributed by atoms with van der Waals surface area (Å²) in [6, 6.07) is 9.89. The van der Waals surface area contributed by atoms with Crippen LogP contribution in [0.4, 0.5) is 0 Å². The Bertz CT molecular complexity index is 2910. The predicted octanol–water partition coefficient (Wildman–Crippen LogP) is 18.0. The SMILES string of the molecule is C.CC(C)CCOC(C)C(=O)N(C)C.CC(OC(C)C1CCCCC1)C(=O)N(C)C.CC(OC(C)c1ccccc1)C(=O)N(C)C.CC(OC1CCCCC1)C(=O)N(C)C.CCCC(OC)C(C)=O.CCCC(OCC)C(C)=O.CCCCC(CC)COC(C)C(=O)N(C)C.CCCCC(OC)C(=O)N(C)C.CCCCC(OCC)C(=O)N(C)C.CCOC(C)C(=O)N(C)C. The van der Waals surface area contributed by atoms with Crippen LogP contribution in [0.1, 0.15) is 325 Å². The number of hydrogen-bond donors (Lipinski definition) is 0. The van der Waals surface area contributed by atoms with Gasteiger partial charge >= 0.3 is 0 Å². The quantitative estimate of drug-likeness (QED) is 0.0586. The molecule has 2 aliphatic rings. The Morgan fingerprint density at radius 2 is 0.685 bits per heavy atom. The van der Waals surface area contributed by atoms with Crippen molar-refractivity contribution in [2.75, 3.05) is 160 Å². The van der Waals surface area contributed by atoms with Crippen LogP contribution < -0.4 is 0 Å². The third-order valence-corrected chi connectivity index (χ3v) is 21.1. The first-order chi connectivity index (χ1) is 60.4. The highest BCUT2D eigenvalue weighted by atomic mass is 16.5. The second-order valence-corrected chi connectivity index (χ2v) is 35.2. The van der Waals surface area contributed by atoms with Gasteiger partial charge in [-0.2, -0.15) is 0 Å². The smallest absolute Gasteiger partial charge is 0.251 e. The van der Waals surface area contributed by atoms with Gasteiger partial charge in [0.2, 0.25) is 0 Å². The highest BCUT2D eigenvalue weighted by molar-refractivity contribution is 5.83. The molecule has 0 aromatic heterocycles. The standard InChI is InChI=1S/C13H25NO2.C13H19NO2.C13H27NO2.C11H21NO2.2C10H21NO2.C9H19NO2.C8H16O2.C7H15NO2.C7H14O2.CH4/c2*1-10(12-8-6-5-7-9-12)16-11(2)13(15)14(3)4;1-6-8-9-12(7-2)10-16-11(3)13(15)14(4)5;1-9(11(13)12(2)3)14-10-7-5-4-6-8-10;1-8(2)6-7-13-9(3)10(12)11(4)5;1-5-7-8-9(13-6-2)10(12)11(3)4;1-5-6-7-8(12-4)9(11)10(2)3;1-4-6-8(7(3)9)10-5-2;1-5-10-6(2)7(9)8(3)4;1-4-5-7(9-3)6(2)8;/h10-12H,5-9H2,1-4H3;5-11H,1-4H3;11-12H,6-10H2,1-5H3;9-10H,4-8H2,1-3H3;8-9H,6-7H2,1-5H3;9H,5-8H2,1-4H3;8H,5-7H2,1-4H3;8H,4-6H2,1-3H3;6H,5H2,1-4H3;7H,4-5H2,1-3H3;1H4. The molecule has 0 radical (unpaired) electrons. The van der Waals surface area contributed by atoms with Gasteiger partial charge in [-0.15, -0.1) is 0 Å². The van der Waals surface area contributed by atoms with Crippen LogP contribution >= 0.6 is 0 Å². The second kappa shape index (κ2) is 88.2. The molecule has 770 valence electrons. The van der Waals surface area contributed by atoms with Crippen LogP contribution in [0.3, 0.4) is 0 Å². The van der Waals surface area contributed by atoms with E-state index in [4.69, 9.17) is 47.4 Å². The maximum Gasteiger partial charge on any atom is 0.251 e. The highest BCUT2D eigenvalue weighted by Gasteiger charge is 2.28. The molecule has 130 heavy (non-hydrogen) atoms. The Labute approximate surface area is 795 Å². The van der Waals surface area contributed by atoms with Gasteiger partial charge in [0.25, 0.3) is 47.3 Å². The van der Waals surface area contributed by atoms with Crippen LogP contribution in [0, 0.1) is 17.8 Å². The molecule has 13 atom stereocenters. The molecule has 1 aromatic rings. The van der Waals surface area contributed by atoms with Crippen LogP contribution in [-0.2, 0) is 95.3 Å². The van der Waals surface area contributed by atoms with Crippen LogP contribution in [0.5, 0.6) is 0 Å². The van der Waals surface area contributed by atoms with Crippen LogP contribution in [-0.4, -0.2) is 331 Å². The number of hydrogen-bond acceptors (Lipinski definition) is 20. The zero-order chi connectivity index (χ0) is 101. The Hall–Kier alpha value is -6.08. The van der Waals surface area contributed by atoms with Gasteiger partial charge in [-0.3, -0.25) is 47.9 Å². The van der Waals surface area contributed by atoms with E-state index in [0.29, 0.717) is 56.9 Å². The van der Waals surface area contributed by atoms with Gasteiger partial charge in [0.05, 0.1) is 24.9 Å². The van der Waals surface area contributed by atoms with E-state index in [1.807, 2.05) is 85.7 Å². The van der Waals surface area contributed by atoms with E-state index in [1.165, 1.54) is 75.5 Å². The molecule has 2 fully saturated rings. The molecule has 0 spiro atoms. The fourth-order valence-corrected chi connectivity index (χ4v) is 12.9. The lowest BCUT2D eigenvalue weighted by Gasteiger charge is -2.30. The van der Waals surface area contributed by atoms with Crippen LogP contribution in [0.25, 0.3) is 0 Å². The van der Waals surface area contributed by atoms with Crippen molar-refractivity contribution in [1.82, 2.24) is 39.2 Å². The Balaban J connectivity index is -0.000000213. The predicted molar refractivity (Wildman–Crippen MR) is 533 cm³/mol. The number of Topliss-reactive ketones (excluding diaryl/α,β-unsaturated/α-hetero) is 2. The number of methoxy groups -OCH3 is 2. The molecule has 28 nitrogen and oxygen atoms in total. The van der Waals surface area contributed by atoms with Crippen molar-refractivity contribution >= 4 is 58.8 Å². The van der Waals surface area contributed by atoms with Gasteiger partial charge in [0.15, 0.2) is 11.6 Å². The first kappa shape index (κ1) is 139. The lowest BCUT2D eigenvalue weighted by atomic mass is 9.86. The van der Waals surface area contributed by atoms with E-state index in [9.17, 15) is 47.9 Å². The largest absolute Gasteiger partial charge is 0.374 e. The lowest BCUT2D eigenvalue weighted by Crippen LogP contribution is -2.37. The summed E-state index contributed by atoms with van der Waals surface area (Å²) in [4.78, 5) is 126. The number of carbonyl (C=O) groups excluding carboxylic acids is 10. The fourth-order valence-electron chi connectivity index (χ4n) is 12.9. The molecule has 13 unspecified atom stereocenters. The Morgan fingerprint density at radius 1 is 0.346 bits per heavy atom. The minimum Gasteiger partial charge on any atom is -0.374 e. The molecule has 0 heterocycles. The van der Waals surface area contributed by atoms with Gasteiger partial charge in [-0.25, -0.2) is 0 Å². The average molecular weight is 1860 g/mol. The number of benzene rings is 1. The van der Waals surface area contributed by atoms with E-state index in [0.717, 1.165) is 95.5 Å². The fraction of sp³-hybridized carbons (Fsp3) is 0.843. The number of unbranched alkanes of at least 4 members (excludes halogenated alkanes) is 3. The molecule has 1 aromatic carbocycles. The second-order valence-electron chi connectivity index (χ2n) is 35.2. The number of ether oxygens (including phenoxy) is 10. The maximum atomic E-state index is 11.7.